The van der Waals surface area contributed by atoms with E-state index in [1.54, 1.807) is 24.3 Å². The summed E-state index contributed by atoms with van der Waals surface area (Å²) in [6.45, 7) is 0.150. The Balaban J connectivity index is 1.82. The number of benzene rings is 2. The fourth-order valence-corrected chi connectivity index (χ4v) is 4.46. The third kappa shape index (κ3) is 11.5. The zero-order chi connectivity index (χ0) is 33.6. The molecule has 46 heavy (non-hydrogen) atoms. The number of phenols is 2. The first-order chi connectivity index (χ1) is 21.9. The molecule has 16 heteroatoms. The van der Waals surface area contributed by atoms with E-state index < -0.39 is 47.9 Å². The number of aromatic amines is 1. The molecule has 0 fully saturated rings. The lowest BCUT2D eigenvalue weighted by atomic mass is 10.0. The van der Waals surface area contributed by atoms with Gasteiger partial charge < -0.3 is 53.5 Å². The van der Waals surface area contributed by atoms with E-state index in [1.807, 2.05) is 0 Å². The number of carbonyl (C=O) groups is 4. The van der Waals surface area contributed by atoms with Crippen molar-refractivity contribution in [1.82, 2.24) is 25.9 Å². The van der Waals surface area contributed by atoms with Crippen LogP contribution in [0, 0.1) is 0 Å². The number of guanidine groups is 1. The van der Waals surface area contributed by atoms with Crippen molar-refractivity contribution in [2.45, 2.75) is 56.3 Å². The van der Waals surface area contributed by atoms with Crippen LogP contribution in [-0.2, 0) is 38.4 Å². The third-order valence-electron chi connectivity index (χ3n) is 6.91. The van der Waals surface area contributed by atoms with Crippen molar-refractivity contribution in [1.29, 1.82) is 0 Å². The zero-order valence-corrected chi connectivity index (χ0v) is 24.9. The van der Waals surface area contributed by atoms with Crippen LogP contribution in [0.15, 0.2) is 66.0 Å². The summed E-state index contributed by atoms with van der Waals surface area (Å²) >= 11 is 0. The van der Waals surface area contributed by atoms with Crippen molar-refractivity contribution in [2.24, 2.45) is 22.2 Å². The number of amides is 3. The fourth-order valence-electron chi connectivity index (χ4n) is 4.46. The lowest BCUT2D eigenvalue weighted by Crippen LogP contribution is -2.58. The van der Waals surface area contributed by atoms with E-state index in [0.29, 0.717) is 16.8 Å². The predicted octanol–water partition coefficient (Wildman–Crippen LogP) is -1.23. The maximum atomic E-state index is 13.7. The fraction of sp³-hybridized carbons (Fsp3) is 0.333. The van der Waals surface area contributed by atoms with Gasteiger partial charge in [0.2, 0.25) is 17.7 Å². The van der Waals surface area contributed by atoms with Crippen LogP contribution in [0.2, 0.25) is 0 Å². The molecule has 0 aliphatic rings. The number of nitrogens with zero attached hydrogens (tertiary/aromatic N) is 2. The second-order valence-corrected chi connectivity index (χ2v) is 10.6. The standard InChI is InChI=1S/C30H39N9O7/c31-22(14-19-15-34-16-36-19)26(42)38-24(12-17-3-7-20(40)8-4-17)28(44)39-25(13-18-5-9-21(41)10-6-18)27(43)37-23(29(45)46)2-1-11-35-30(32)33/h3-10,15-16,22-25,40-41H,1-2,11-14,31H2,(H,34,36)(H,37,43)(H,38,42)(H,39,44)(H,45,46)(H4,32,33,35). The van der Waals surface area contributed by atoms with Crippen molar-refractivity contribution in [2.75, 3.05) is 6.54 Å². The van der Waals surface area contributed by atoms with Crippen molar-refractivity contribution >= 4 is 29.7 Å². The molecule has 1 aromatic heterocycles. The van der Waals surface area contributed by atoms with Gasteiger partial charge in [0.05, 0.1) is 12.4 Å². The van der Waals surface area contributed by atoms with Crippen LogP contribution in [0.25, 0.3) is 0 Å². The molecule has 0 radical (unpaired) electrons. The largest absolute Gasteiger partial charge is 0.508 e. The molecule has 0 saturated carbocycles. The lowest BCUT2D eigenvalue weighted by Gasteiger charge is -2.25. The third-order valence-corrected chi connectivity index (χ3v) is 6.91. The number of nitrogens with one attached hydrogen (secondary N) is 4. The molecule has 3 amide bonds. The van der Waals surface area contributed by atoms with E-state index in [2.05, 4.69) is 30.9 Å². The SMILES string of the molecule is NC(N)=NCCCC(NC(=O)C(Cc1ccc(O)cc1)NC(=O)C(Cc1ccc(O)cc1)NC(=O)C(N)Cc1cnc[nH]1)C(=O)O. The molecule has 0 saturated heterocycles. The number of aromatic hydroxyl groups is 2. The molecule has 16 nitrogen and oxygen atoms in total. The highest BCUT2D eigenvalue weighted by Crippen LogP contribution is 2.14. The molecule has 1 heterocycles. The summed E-state index contributed by atoms with van der Waals surface area (Å²) in [5.74, 6) is -3.62. The number of rotatable bonds is 17. The molecule has 0 spiro atoms. The summed E-state index contributed by atoms with van der Waals surface area (Å²) in [4.78, 5) is 62.8. The minimum Gasteiger partial charge on any atom is -0.508 e. The summed E-state index contributed by atoms with van der Waals surface area (Å²) in [5, 5.41) is 36.9. The maximum absolute atomic E-state index is 13.7. The molecule has 0 bridgehead atoms. The topological polar surface area (TPSA) is 284 Å². The Morgan fingerprint density at radius 2 is 1.28 bits per heavy atom. The van der Waals surface area contributed by atoms with Gasteiger partial charge >= 0.3 is 5.97 Å². The molecule has 246 valence electrons. The van der Waals surface area contributed by atoms with Crippen LogP contribution in [0.1, 0.15) is 29.7 Å². The summed E-state index contributed by atoms with van der Waals surface area (Å²) in [7, 11) is 0. The Morgan fingerprint density at radius 3 is 1.74 bits per heavy atom. The number of aromatic nitrogens is 2. The molecule has 4 atom stereocenters. The molecule has 3 aromatic rings. The monoisotopic (exact) mass is 637 g/mol. The van der Waals surface area contributed by atoms with Crippen LogP contribution in [-0.4, -0.2) is 85.7 Å². The van der Waals surface area contributed by atoms with Crippen molar-refractivity contribution < 1.29 is 34.5 Å². The van der Waals surface area contributed by atoms with Crippen LogP contribution in [0.5, 0.6) is 11.5 Å². The number of hydrogen-bond acceptors (Lipinski definition) is 9. The van der Waals surface area contributed by atoms with Gasteiger partial charge in [0.25, 0.3) is 0 Å². The van der Waals surface area contributed by atoms with Crippen LogP contribution in [0.3, 0.4) is 0 Å². The van der Waals surface area contributed by atoms with Crippen LogP contribution in [0.4, 0.5) is 0 Å². The molecule has 4 unspecified atom stereocenters. The Hall–Kier alpha value is -5.64. The van der Waals surface area contributed by atoms with Gasteiger partial charge in [-0.3, -0.25) is 19.4 Å². The van der Waals surface area contributed by atoms with E-state index in [-0.39, 0.29) is 56.1 Å². The van der Waals surface area contributed by atoms with E-state index in [9.17, 15) is 34.5 Å². The van der Waals surface area contributed by atoms with Gasteiger partial charge in [0.1, 0.15) is 29.6 Å². The number of phenolic OH excluding ortho intramolecular Hbond substituents is 2. The molecular weight excluding hydrogens is 598 g/mol. The van der Waals surface area contributed by atoms with Gasteiger partial charge in [-0.05, 0) is 48.2 Å². The van der Waals surface area contributed by atoms with Gasteiger partial charge in [0.15, 0.2) is 5.96 Å². The Labute approximate surface area is 264 Å². The first kappa shape index (κ1) is 34.8. The van der Waals surface area contributed by atoms with Crippen molar-refractivity contribution in [3.8, 4) is 11.5 Å². The number of carbonyl (C=O) groups excluding carboxylic acids is 3. The minimum absolute atomic E-state index is 0.00544. The van der Waals surface area contributed by atoms with Gasteiger partial charge in [-0.2, -0.15) is 0 Å². The average molecular weight is 638 g/mol. The number of hydrogen-bond donors (Lipinski definition) is 10. The summed E-state index contributed by atoms with van der Waals surface area (Å²) in [6, 6.07) is 7.08. The van der Waals surface area contributed by atoms with Gasteiger partial charge in [0, 0.05) is 37.7 Å². The molecule has 2 aromatic carbocycles. The predicted molar refractivity (Wildman–Crippen MR) is 167 cm³/mol. The normalized spacial score (nSPS) is 13.4. The summed E-state index contributed by atoms with van der Waals surface area (Å²) in [6.07, 6.45) is 3.24. The molecule has 0 aliphatic carbocycles. The van der Waals surface area contributed by atoms with Crippen LogP contribution >= 0.6 is 0 Å². The minimum atomic E-state index is -1.31. The van der Waals surface area contributed by atoms with Gasteiger partial charge in [-0.25, -0.2) is 9.78 Å². The van der Waals surface area contributed by atoms with Crippen molar-refractivity contribution in [3.05, 3.63) is 77.9 Å². The molecular formula is C30H39N9O7. The van der Waals surface area contributed by atoms with E-state index in [0.717, 1.165) is 0 Å². The first-order valence-corrected chi connectivity index (χ1v) is 14.4. The van der Waals surface area contributed by atoms with Gasteiger partial charge in [-0.1, -0.05) is 24.3 Å². The maximum Gasteiger partial charge on any atom is 0.326 e. The highest BCUT2D eigenvalue weighted by atomic mass is 16.4. The Morgan fingerprint density at radius 1 is 0.783 bits per heavy atom. The van der Waals surface area contributed by atoms with Crippen LogP contribution < -0.4 is 33.2 Å². The first-order valence-electron chi connectivity index (χ1n) is 14.4. The Kier molecular flexibility index (Phi) is 12.9. The number of imidazole rings is 1. The van der Waals surface area contributed by atoms with Crippen molar-refractivity contribution in [3.63, 3.8) is 0 Å². The number of nitrogens with two attached hydrogens (primary N) is 3. The summed E-state index contributed by atoms with van der Waals surface area (Å²) in [5.41, 5.74) is 18.5. The quantitative estimate of drug-likeness (QED) is 0.0475. The van der Waals surface area contributed by atoms with E-state index in [1.165, 1.54) is 36.8 Å². The lowest BCUT2D eigenvalue weighted by molar-refractivity contribution is -0.142. The van der Waals surface area contributed by atoms with Gasteiger partial charge in [-0.15, -0.1) is 0 Å². The molecule has 3 rings (SSSR count). The number of aliphatic carboxylic acids is 1. The van der Waals surface area contributed by atoms with E-state index in [4.69, 9.17) is 17.2 Å². The van der Waals surface area contributed by atoms with E-state index >= 15 is 0 Å². The molecule has 13 N–H and O–H groups in total. The highest BCUT2D eigenvalue weighted by Gasteiger charge is 2.31. The Bertz CT molecular complexity index is 1480. The zero-order valence-electron chi connectivity index (χ0n) is 24.9. The molecule has 0 aliphatic heterocycles. The summed E-state index contributed by atoms with van der Waals surface area (Å²) < 4.78 is 0. The average Bonchev–Trinajstić information content (AvgIpc) is 3.52. The number of H-pyrrole nitrogens is 1. The second-order valence-electron chi connectivity index (χ2n) is 10.6. The highest BCUT2D eigenvalue weighted by molar-refractivity contribution is 5.94. The smallest absolute Gasteiger partial charge is 0.326 e. The number of carboxylic acids is 1. The number of aliphatic imine (C=N–C) groups is 1. The number of carboxylic acid groups (broad SMARTS) is 1. The second kappa shape index (κ2) is 17.0.